The predicted octanol–water partition coefficient (Wildman–Crippen LogP) is 0.709. The van der Waals surface area contributed by atoms with Crippen LogP contribution < -0.4 is 0 Å². The number of nitrogens with zero attached hydrogens (tertiary/aromatic N) is 1. The van der Waals surface area contributed by atoms with Gasteiger partial charge in [-0.2, -0.15) is 0 Å². The molecule has 1 fully saturated rings. The predicted molar refractivity (Wildman–Crippen MR) is 76.9 cm³/mol. The van der Waals surface area contributed by atoms with Crippen LogP contribution in [0.5, 0.6) is 0 Å². The third-order valence-electron chi connectivity index (χ3n) is 3.51. The highest BCUT2D eigenvalue weighted by atomic mass is 32.2. The molecule has 1 atom stereocenters. The molecule has 0 saturated carbocycles. The number of hydrogen-bond acceptors (Lipinski definition) is 4. The lowest BCUT2D eigenvalue weighted by atomic mass is 10.1. The van der Waals surface area contributed by atoms with Gasteiger partial charge in [-0.15, -0.1) is 0 Å². The molecule has 1 amide bonds. The minimum atomic E-state index is -3.19. The average Bonchev–Trinajstić information content (AvgIpc) is 2.76. The zero-order valence-electron chi connectivity index (χ0n) is 11.7. The monoisotopic (exact) mass is 311 g/mol. The van der Waals surface area contributed by atoms with Crippen LogP contribution in [0.3, 0.4) is 0 Å². The Balaban J connectivity index is 2.25. The summed E-state index contributed by atoms with van der Waals surface area (Å²) in [6.45, 7) is 1.39. The van der Waals surface area contributed by atoms with E-state index >= 15 is 0 Å². The van der Waals surface area contributed by atoms with E-state index in [1.165, 1.54) is 0 Å². The van der Waals surface area contributed by atoms with Gasteiger partial charge in [-0.05, 0) is 25.5 Å². The number of carboxylic acids is 1. The van der Waals surface area contributed by atoms with Crippen molar-refractivity contribution in [2.24, 2.45) is 0 Å². The lowest BCUT2D eigenvalue weighted by molar-refractivity contribution is -0.138. The van der Waals surface area contributed by atoms with E-state index in [0.29, 0.717) is 5.56 Å². The summed E-state index contributed by atoms with van der Waals surface area (Å²) in [6, 6.07) is 6.20. The highest BCUT2D eigenvalue weighted by Crippen LogP contribution is 2.20. The van der Waals surface area contributed by atoms with Gasteiger partial charge in [0.1, 0.15) is 6.54 Å². The van der Waals surface area contributed by atoms with Gasteiger partial charge >= 0.3 is 5.97 Å². The maximum atomic E-state index is 12.5. The van der Waals surface area contributed by atoms with Gasteiger partial charge in [-0.25, -0.2) is 8.42 Å². The number of aliphatic carboxylic acids is 1. The first kappa shape index (κ1) is 15.5. The van der Waals surface area contributed by atoms with E-state index in [1.807, 2.05) is 6.92 Å². The summed E-state index contributed by atoms with van der Waals surface area (Å²) in [4.78, 5) is 24.6. The quantitative estimate of drug-likeness (QED) is 0.884. The van der Waals surface area contributed by atoms with Gasteiger partial charge in [-0.1, -0.05) is 17.7 Å². The number of carbonyl (C=O) groups excluding carboxylic acids is 1. The van der Waals surface area contributed by atoms with Crippen molar-refractivity contribution < 1.29 is 23.1 Å². The van der Waals surface area contributed by atoms with E-state index in [2.05, 4.69) is 0 Å². The van der Waals surface area contributed by atoms with Crippen molar-refractivity contribution in [1.82, 2.24) is 4.90 Å². The molecule has 1 aliphatic rings. The van der Waals surface area contributed by atoms with Gasteiger partial charge in [0.05, 0.1) is 11.5 Å². The second kappa shape index (κ2) is 5.85. The van der Waals surface area contributed by atoms with E-state index < -0.39 is 34.3 Å². The standard InChI is InChI=1S/C14H17NO5S/c1-10-2-4-11(5-3-10)14(18)15(8-13(16)17)12-6-7-21(19,20)9-12/h2-5,12H,6-9H2,1H3,(H,16,17). The van der Waals surface area contributed by atoms with Crippen LogP contribution in [-0.2, 0) is 14.6 Å². The lowest BCUT2D eigenvalue weighted by Crippen LogP contribution is -2.44. The van der Waals surface area contributed by atoms with Crippen molar-refractivity contribution in [3.63, 3.8) is 0 Å². The first-order valence-corrected chi connectivity index (χ1v) is 8.40. The molecule has 1 heterocycles. The summed E-state index contributed by atoms with van der Waals surface area (Å²) in [5, 5.41) is 8.97. The number of amides is 1. The summed E-state index contributed by atoms with van der Waals surface area (Å²) in [5.41, 5.74) is 1.35. The molecule has 1 aromatic carbocycles. The molecule has 1 aromatic rings. The number of hydrogen-bond donors (Lipinski definition) is 1. The van der Waals surface area contributed by atoms with E-state index in [4.69, 9.17) is 5.11 Å². The third-order valence-corrected chi connectivity index (χ3v) is 5.26. The van der Waals surface area contributed by atoms with Crippen molar-refractivity contribution in [2.45, 2.75) is 19.4 Å². The van der Waals surface area contributed by atoms with Gasteiger partial charge < -0.3 is 10.0 Å². The Labute approximate surface area is 123 Å². The van der Waals surface area contributed by atoms with Gasteiger partial charge in [0.15, 0.2) is 9.84 Å². The Kier molecular flexibility index (Phi) is 4.32. The molecule has 1 saturated heterocycles. The number of carboxylic acid groups (broad SMARTS) is 1. The fourth-order valence-electron chi connectivity index (χ4n) is 2.40. The van der Waals surface area contributed by atoms with Crippen LogP contribution >= 0.6 is 0 Å². The molecule has 2 rings (SSSR count). The highest BCUT2D eigenvalue weighted by Gasteiger charge is 2.35. The third kappa shape index (κ3) is 3.81. The first-order chi connectivity index (χ1) is 9.78. The van der Waals surface area contributed by atoms with Crippen LogP contribution in [0.25, 0.3) is 0 Å². The Bertz CT molecular complexity index is 650. The zero-order valence-corrected chi connectivity index (χ0v) is 12.5. The van der Waals surface area contributed by atoms with Crippen molar-refractivity contribution in [2.75, 3.05) is 18.1 Å². The summed E-state index contributed by atoms with van der Waals surface area (Å²) in [6.07, 6.45) is 0.285. The lowest BCUT2D eigenvalue weighted by Gasteiger charge is -2.26. The van der Waals surface area contributed by atoms with Crippen molar-refractivity contribution >= 4 is 21.7 Å². The second-order valence-corrected chi connectivity index (χ2v) is 7.48. The SMILES string of the molecule is Cc1ccc(C(=O)N(CC(=O)O)C2CCS(=O)(=O)C2)cc1. The van der Waals surface area contributed by atoms with Crippen LogP contribution in [0.1, 0.15) is 22.3 Å². The number of carbonyl (C=O) groups is 2. The molecule has 0 spiro atoms. The molecule has 114 valence electrons. The smallest absolute Gasteiger partial charge is 0.323 e. The van der Waals surface area contributed by atoms with E-state index in [1.54, 1.807) is 24.3 Å². The summed E-state index contributed by atoms with van der Waals surface area (Å²) < 4.78 is 23.1. The van der Waals surface area contributed by atoms with Gasteiger partial charge in [0.2, 0.25) is 0 Å². The molecule has 0 aliphatic carbocycles. The fraction of sp³-hybridized carbons (Fsp3) is 0.429. The molecule has 6 nitrogen and oxygen atoms in total. The first-order valence-electron chi connectivity index (χ1n) is 6.58. The van der Waals surface area contributed by atoms with Crippen LogP contribution in [0, 0.1) is 6.92 Å². The van der Waals surface area contributed by atoms with Crippen LogP contribution in [0.15, 0.2) is 24.3 Å². The van der Waals surface area contributed by atoms with Crippen molar-refractivity contribution in [1.29, 1.82) is 0 Å². The Morgan fingerprint density at radius 1 is 1.29 bits per heavy atom. The normalized spacial score (nSPS) is 20.1. The topological polar surface area (TPSA) is 91.8 Å². The summed E-state index contributed by atoms with van der Waals surface area (Å²) in [5.74, 6) is -1.77. The Hall–Kier alpha value is -1.89. The summed E-state index contributed by atoms with van der Waals surface area (Å²) in [7, 11) is -3.19. The number of sulfone groups is 1. The van der Waals surface area contributed by atoms with Crippen molar-refractivity contribution in [3.8, 4) is 0 Å². The maximum absolute atomic E-state index is 12.5. The largest absolute Gasteiger partial charge is 0.480 e. The number of aryl methyl sites for hydroxylation is 1. The molecule has 1 unspecified atom stereocenters. The zero-order chi connectivity index (χ0) is 15.6. The minimum Gasteiger partial charge on any atom is -0.480 e. The maximum Gasteiger partial charge on any atom is 0.323 e. The molecule has 7 heteroatoms. The number of rotatable bonds is 4. The van der Waals surface area contributed by atoms with E-state index in [0.717, 1.165) is 10.5 Å². The van der Waals surface area contributed by atoms with E-state index in [-0.39, 0.29) is 17.9 Å². The Morgan fingerprint density at radius 3 is 2.38 bits per heavy atom. The van der Waals surface area contributed by atoms with Gasteiger partial charge in [0, 0.05) is 11.6 Å². The average molecular weight is 311 g/mol. The molecular weight excluding hydrogens is 294 g/mol. The molecule has 0 aromatic heterocycles. The molecule has 21 heavy (non-hydrogen) atoms. The molecule has 1 N–H and O–H groups in total. The van der Waals surface area contributed by atoms with Gasteiger partial charge in [-0.3, -0.25) is 9.59 Å². The Morgan fingerprint density at radius 2 is 1.90 bits per heavy atom. The molecule has 0 radical (unpaired) electrons. The van der Waals surface area contributed by atoms with Gasteiger partial charge in [0.25, 0.3) is 5.91 Å². The molecular formula is C14H17NO5S. The van der Waals surface area contributed by atoms with Crippen LogP contribution in [-0.4, -0.2) is 54.4 Å². The van der Waals surface area contributed by atoms with Crippen LogP contribution in [0.2, 0.25) is 0 Å². The minimum absolute atomic E-state index is 0.00500. The second-order valence-electron chi connectivity index (χ2n) is 5.25. The van der Waals surface area contributed by atoms with Crippen molar-refractivity contribution in [3.05, 3.63) is 35.4 Å². The van der Waals surface area contributed by atoms with Crippen LogP contribution in [0.4, 0.5) is 0 Å². The number of benzene rings is 1. The molecule has 0 bridgehead atoms. The summed E-state index contributed by atoms with van der Waals surface area (Å²) >= 11 is 0. The fourth-order valence-corrected chi connectivity index (χ4v) is 4.13. The van der Waals surface area contributed by atoms with E-state index in [9.17, 15) is 18.0 Å². The molecule has 1 aliphatic heterocycles. The highest BCUT2D eigenvalue weighted by molar-refractivity contribution is 7.91.